The first-order chi connectivity index (χ1) is 14.3. The number of carbonyl (C=O) groups excluding carboxylic acids is 1. The van der Waals surface area contributed by atoms with E-state index in [0.29, 0.717) is 18.9 Å². The fraction of sp³-hybridized carbons (Fsp3) is 0.600. The van der Waals surface area contributed by atoms with Gasteiger partial charge in [-0.1, -0.05) is 0 Å². The van der Waals surface area contributed by atoms with Gasteiger partial charge in [-0.05, 0) is 64.5 Å². The summed E-state index contributed by atoms with van der Waals surface area (Å²) in [5, 5.41) is 12.0. The van der Waals surface area contributed by atoms with Crippen molar-refractivity contribution < 1.29 is 36.6 Å². The van der Waals surface area contributed by atoms with E-state index in [-0.39, 0.29) is 12.8 Å². The molecule has 2 bridgehead atoms. The molecule has 2 fully saturated rings. The Bertz CT molecular complexity index is 944. The molecule has 0 spiro atoms. The van der Waals surface area contributed by atoms with Crippen LogP contribution in [0.25, 0.3) is 0 Å². The summed E-state index contributed by atoms with van der Waals surface area (Å²) in [6.07, 6.45) is 0.520. The van der Waals surface area contributed by atoms with Crippen LogP contribution in [0.4, 0.5) is 13.6 Å². The van der Waals surface area contributed by atoms with Crippen molar-refractivity contribution in [2.24, 2.45) is 5.92 Å². The summed E-state index contributed by atoms with van der Waals surface area (Å²) < 4.78 is 59.7. The number of hydrogen-bond acceptors (Lipinski definition) is 5. The maximum absolute atomic E-state index is 13.6. The van der Waals surface area contributed by atoms with Crippen LogP contribution in [0.2, 0.25) is 0 Å². The number of fused-ring (bicyclic) bond motifs is 2. The van der Waals surface area contributed by atoms with E-state index < -0.39 is 68.3 Å². The molecule has 2 saturated heterocycles. The van der Waals surface area contributed by atoms with Gasteiger partial charge in [0, 0.05) is 18.2 Å². The minimum absolute atomic E-state index is 0.195. The van der Waals surface area contributed by atoms with Crippen LogP contribution in [-0.4, -0.2) is 53.6 Å². The smallest absolute Gasteiger partial charge is 0.408 e. The lowest BCUT2D eigenvalue weighted by Crippen LogP contribution is -2.54. The maximum atomic E-state index is 13.6. The Labute approximate surface area is 179 Å². The number of piperidine rings is 1. The number of halogens is 2. The Kier molecular flexibility index (Phi) is 6.30. The number of nitrogens with one attached hydrogen (secondary N) is 1. The fourth-order valence-electron chi connectivity index (χ4n) is 4.46. The molecule has 2 unspecified atom stereocenters. The third kappa shape index (κ3) is 5.15. The number of nitrogens with zero attached hydrogens (tertiary/aromatic N) is 1. The number of amides is 1. The number of ether oxygens (including phenoxy) is 1. The van der Waals surface area contributed by atoms with E-state index in [2.05, 4.69) is 5.32 Å². The Morgan fingerprint density at radius 3 is 2.10 bits per heavy atom. The molecule has 0 radical (unpaired) electrons. The van der Waals surface area contributed by atoms with Gasteiger partial charge in [0.05, 0.1) is 4.90 Å². The highest BCUT2D eigenvalue weighted by molar-refractivity contribution is 7.89. The number of alkyl carbamates (subject to hydrolysis) is 1. The van der Waals surface area contributed by atoms with E-state index in [0.717, 1.165) is 12.1 Å². The Morgan fingerprint density at radius 2 is 1.65 bits per heavy atom. The molecule has 3 atom stereocenters. The highest BCUT2D eigenvalue weighted by Gasteiger charge is 2.50. The maximum Gasteiger partial charge on any atom is 0.408 e. The summed E-state index contributed by atoms with van der Waals surface area (Å²) in [7, 11) is -4.17. The first-order valence-electron chi connectivity index (χ1n) is 10.00. The van der Waals surface area contributed by atoms with Crippen molar-refractivity contribution in [2.75, 3.05) is 0 Å². The number of carbonyl (C=O) groups is 2. The molecular formula is C20H26F2N2O6S. The van der Waals surface area contributed by atoms with E-state index in [1.165, 1.54) is 4.31 Å². The van der Waals surface area contributed by atoms with Crippen molar-refractivity contribution in [3.05, 3.63) is 29.8 Å². The van der Waals surface area contributed by atoms with Gasteiger partial charge in [-0.25, -0.2) is 26.8 Å². The summed E-state index contributed by atoms with van der Waals surface area (Å²) in [5.74, 6) is -3.74. The molecule has 2 heterocycles. The number of aliphatic carboxylic acids is 1. The largest absolute Gasteiger partial charge is 0.480 e. The van der Waals surface area contributed by atoms with Crippen LogP contribution < -0.4 is 5.32 Å². The highest BCUT2D eigenvalue weighted by atomic mass is 32.2. The molecule has 2 aliphatic heterocycles. The predicted molar refractivity (Wildman–Crippen MR) is 106 cm³/mol. The quantitative estimate of drug-likeness (QED) is 0.699. The molecule has 8 nitrogen and oxygen atoms in total. The lowest BCUT2D eigenvalue weighted by atomic mass is 9.86. The second-order valence-electron chi connectivity index (χ2n) is 9.02. The first-order valence-corrected chi connectivity index (χ1v) is 11.4. The third-order valence-corrected chi connectivity index (χ3v) is 7.51. The van der Waals surface area contributed by atoms with Crippen molar-refractivity contribution in [1.82, 2.24) is 9.62 Å². The van der Waals surface area contributed by atoms with Gasteiger partial charge in [-0.3, -0.25) is 0 Å². The monoisotopic (exact) mass is 460 g/mol. The molecular weight excluding hydrogens is 434 g/mol. The molecule has 1 aromatic carbocycles. The van der Waals surface area contributed by atoms with Crippen molar-refractivity contribution in [3.8, 4) is 0 Å². The molecule has 172 valence electrons. The lowest BCUT2D eigenvalue weighted by molar-refractivity contribution is -0.141. The van der Waals surface area contributed by atoms with E-state index >= 15 is 0 Å². The van der Waals surface area contributed by atoms with Gasteiger partial charge in [0.1, 0.15) is 23.3 Å². The Balaban J connectivity index is 1.79. The second-order valence-corrected chi connectivity index (χ2v) is 10.9. The molecule has 0 aliphatic carbocycles. The molecule has 1 aromatic rings. The molecule has 2 N–H and O–H groups in total. The van der Waals surface area contributed by atoms with Crippen LogP contribution >= 0.6 is 0 Å². The topological polar surface area (TPSA) is 113 Å². The predicted octanol–water partition coefficient (Wildman–Crippen LogP) is 2.87. The molecule has 31 heavy (non-hydrogen) atoms. The number of rotatable bonds is 5. The lowest BCUT2D eigenvalue weighted by Gasteiger charge is -2.39. The van der Waals surface area contributed by atoms with Gasteiger partial charge < -0.3 is 15.2 Å². The molecule has 2 aliphatic rings. The standard InChI is InChI=1S/C20H26F2N2O6S/c1-20(2,3)30-19(27)23-17(18(25)26)11-6-14-4-5-15(7-11)24(14)31(28,29)16-9-12(21)8-13(22)10-16/h8-11,14-15,17H,4-7H2,1-3H3,(H,23,27)(H,25,26)/t11?,14?,15?,17-/m0/s1. The van der Waals surface area contributed by atoms with E-state index in [1.807, 2.05) is 0 Å². The number of carboxylic acids is 1. The number of sulfonamides is 1. The molecule has 11 heteroatoms. The Hall–Kier alpha value is -2.27. The first kappa shape index (κ1) is 23.4. The van der Waals surface area contributed by atoms with E-state index in [1.54, 1.807) is 20.8 Å². The average molecular weight is 460 g/mol. The van der Waals surface area contributed by atoms with Crippen LogP contribution in [-0.2, 0) is 19.6 Å². The minimum atomic E-state index is -4.17. The second kappa shape index (κ2) is 8.34. The zero-order valence-electron chi connectivity index (χ0n) is 17.5. The molecule has 1 amide bonds. The summed E-state index contributed by atoms with van der Waals surface area (Å²) in [6, 6.07) is -0.152. The van der Waals surface area contributed by atoms with Crippen molar-refractivity contribution in [1.29, 1.82) is 0 Å². The summed E-state index contributed by atoms with van der Waals surface area (Å²) in [5.41, 5.74) is -0.802. The SMILES string of the molecule is CC(C)(C)OC(=O)N[C@H](C(=O)O)C1CC2CCC(C1)N2S(=O)(=O)c1cc(F)cc(F)c1. The zero-order valence-corrected chi connectivity index (χ0v) is 18.3. The third-order valence-electron chi connectivity index (χ3n) is 5.52. The fourth-order valence-corrected chi connectivity index (χ4v) is 6.39. The number of benzene rings is 1. The van der Waals surface area contributed by atoms with Crippen LogP contribution in [0.1, 0.15) is 46.5 Å². The number of hydrogen-bond donors (Lipinski definition) is 2. The Morgan fingerprint density at radius 1 is 1.13 bits per heavy atom. The number of carboxylic acid groups (broad SMARTS) is 1. The molecule has 3 rings (SSSR count). The average Bonchev–Trinajstić information content (AvgIpc) is 2.88. The minimum Gasteiger partial charge on any atom is -0.480 e. The van der Waals surface area contributed by atoms with Crippen LogP contribution in [0.5, 0.6) is 0 Å². The summed E-state index contributed by atoms with van der Waals surface area (Å²) >= 11 is 0. The van der Waals surface area contributed by atoms with Crippen LogP contribution in [0.3, 0.4) is 0 Å². The van der Waals surface area contributed by atoms with Gasteiger partial charge in [0.2, 0.25) is 10.0 Å². The van der Waals surface area contributed by atoms with Gasteiger partial charge in [0.25, 0.3) is 0 Å². The van der Waals surface area contributed by atoms with Gasteiger partial charge >= 0.3 is 12.1 Å². The van der Waals surface area contributed by atoms with Gasteiger partial charge in [0.15, 0.2) is 0 Å². The van der Waals surface area contributed by atoms with Crippen LogP contribution in [0.15, 0.2) is 23.1 Å². The van der Waals surface area contributed by atoms with Crippen LogP contribution in [0, 0.1) is 17.6 Å². The summed E-state index contributed by atoms with van der Waals surface area (Å²) in [6.45, 7) is 4.96. The van der Waals surface area contributed by atoms with Crippen molar-refractivity contribution in [2.45, 2.75) is 75.1 Å². The van der Waals surface area contributed by atoms with E-state index in [9.17, 15) is 31.9 Å². The highest BCUT2D eigenvalue weighted by Crippen LogP contribution is 2.43. The van der Waals surface area contributed by atoms with Crippen molar-refractivity contribution in [3.63, 3.8) is 0 Å². The molecule has 0 saturated carbocycles. The molecule has 0 aromatic heterocycles. The van der Waals surface area contributed by atoms with E-state index in [4.69, 9.17) is 4.74 Å². The zero-order chi connectivity index (χ0) is 23.1. The normalized spacial score (nSPS) is 25.1. The summed E-state index contributed by atoms with van der Waals surface area (Å²) in [4.78, 5) is 23.4. The van der Waals surface area contributed by atoms with Crippen molar-refractivity contribution >= 4 is 22.1 Å². The van der Waals surface area contributed by atoms with Gasteiger partial charge in [-0.15, -0.1) is 0 Å². The van der Waals surface area contributed by atoms with Gasteiger partial charge in [-0.2, -0.15) is 4.31 Å².